The largest absolute Gasteiger partial charge is 0.391 e. The zero-order chi connectivity index (χ0) is 13.8. The number of aliphatic hydroxyl groups excluding tert-OH is 1. The van der Waals surface area contributed by atoms with Crippen molar-refractivity contribution in [3.63, 3.8) is 0 Å². The summed E-state index contributed by atoms with van der Waals surface area (Å²) in [4.78, 5) is 12.2. The average Bonchev–Trinajstić information content (AvgIpc) is 2.73. The first-order valence-corrected chi connectivity index (χ1v) is 7.25. The summed E-state index contributed by atoms with van der Waals surface area (Å²) in [7, 11) is 0. The maximum absolute atomic E-state index is 12.2. The Morgan fingerprint density at radius 1 is 1.33 bits per heavy atom. The minimum Gasteiger partial charge on any atom is -0.391 e. The molecule has 1 unspecified atom stereocenters. The standard InChI is InChI=1S/C15H29NO2/c1-5-15(8-6-7-9-15)13(18)16-11-12(17)10-14(2,3)4/h12,17H,5-11H2,1-4H3,(H,16,18). The van der Waals surface area contributed by atoms with Gasteiger partial charge >= 0.3 is 0 Å². The number of rotatable bonds is 5. The molecule has 0 spiro atoms. The normalized spacial score (nSPS) is 20.7. The Morgan fingerprint density at radius 3 is 2.33 bits per heavy atom. The minimum absolute atomic E-state index is 0.0972. The summed E-state index contributed by atoms with van der Waals surface area (Å²) in [6, 6.07) is 0. The second kappa shape index (κ2) is 6.05. The van der Waals surface area contributed by atoms with Gasteiger partial charge in [0.25, 0.3) is 0 Å². The molecule has 0 aromatic carbocycles. The summed E-state index contributed by atoms with van der Waals surface area (Å²) in [5, 5.41) is 12.9. The van der Waals surface area contributed by atoms with E-state index in [-0.39, 0.29) is 16.7 Å². The Kier molecular flexibility index (Phi) is 5.20. The second-order valence-electron chi connectivity index (χ2n) is 6.97. The molecule has 1 atom stereocenters. The van der Waals surface area contributed by atoms with Crippen molar-refractivity contribution >= 4 is 5.91 Å². The molecule has 3 heteroatoms. The van der Waals surface area contributed by atoms with Crippen LogP contribution < -0.4 is 5.32 Å². The van der Waals surface area contributed by atoms with Crippen molar-refractivity contribution in [3.8, 4) is 0 Å². The van der Waals surface area contributed by atoms with Gasteiger partial charge in [0.2, 0.25) is 5.91 Å². The summed E-state index contributed by atoms with van der Waals surface area (Å²) in [6.45, 7) is 8.78. The molecule has 1 fully saturated rings. The van der Waals surface area contributed by atoms with Crippen molar-refractivity contribution < 1.29 is 9.90 Å². The van der Waals surface area contributed by atoms with Gasteiger partial charge < -0.3 is 10.4 Å². The molecule has 0 saturated heterocycles. The lowest BCUT2D eigenvalue weighted by atomic mass is 9.82. The summed E-state index contributed by atoms with van der Waals surface area (Å²) in [5.41, 5.74) is -0.0542. The van der Waals surface area contributed by atoms with E-state index in [1.165, 1.54) is 0 Å². The molecule has 0 bridgehead atoms. The molecular weight excluding hydrogens is 226 g/mol. The van der Waals surface area contributed by atoms with Gasteiger partial charge in [-0.25, -0.2) is 0 Å². The maximum Gasteiger partial charge on any atom is 0.226 e. The lowest BCUT2D eigenvalue weighted by molar-refractivity contribution is -0.131. The van der Waals surface area contributed by atoms with E-state index in [9.17, 15) is 9.90 Å². The number of amides is 1. The topological polar surface area (TPSA) is 49.3 Å². The molecule has 1 saturated carbocycles. The predicted molar refractivity (Wildman–Crippen MR) is 74.3 cm³/mol. The zero-order valence-corrected chi connectivity index (χ0v) is 12.4. The third-order valence-corrected chi connectivity index (χ3v) is 4.07. The number of aliphatic hydroxyl groups is 1. The van der Waals surface area contributed by atoms with Crippen LogP contribution in [-0.2, 0) is 4.79 Å². The van der Waals surface area contributed by atoms with Crippen LogP contribution in [0.4, 0.5) is 0 Å². The monoisotopic (exact) mass is 255 g/mol. The Hall–Kier alpha value is -0.570. The van der Waals surface area contributed by atoms with Crippen LogP contribution in [0.15, 0.2) is 0 Å². The highest BCUT2D eigenvalue weighted by Crippen LogP contribution is 2.41. The van der Waals surface area contributed by atoms with E-state index in [1.54, 1.807) is 0 Å². The predicted octanol–water partition coefficient (Wildman–Crippen LogP) is 2.87. The van der Waals surface area contributed by atoms with Gasteiger partial charge in [0.1, 0.15) is 0 Å². The van der Waals surface area contributed by atoms with E-state index in [0.717, 1.165) is 32.1 Å². The van der Waals surface area contributed by atoms with E-state index in [4.69, 9.17) is 0 Å². The number of hydrogen-bond donors (Lipinski definition) is 2. The van der Waals surface area contributed by atoms with E-state index in [2.05, 4.69) is 33.0 Å². The van der Waals surface area contributed by atoms with Gasteiger partial charge in [0.05, 0.1) is 6.10 Å². The third-order valence-electron chi connectivity index (χ3n) is 4.07. The molecule has 1 aliphatic carbocycles. The molecule has 0 aliphatic heterocycles. The number of hydrogen-bond acceptors (Lipinski definition) is 2. The first-order chi connectivity index (χ1) is 8.29. The average molecular weight is 255 g/mol. The van der Waals surface area contributed by atoms with Crippen molar-refractivity contribution in [2.75, 3.05) is 6.54 Å². The minimum atomic E-state index is -0.441. The molecule has 1 aliphatic rings. The Morgan fingerprint density at radius 2 is 1.89 bits per heavy atom. The molecule has 0 aromatic rings. The SMILES string of the molecule is CCC1(C(=O)NCC(O)CC(C)(C)C)CCCC1. The highest BCUT2D eigenvalue weighted by atomic mass is 16.3. The van der Waals surface area contributed by atoms with Gasteiger partial charge in [-0.1, -0.05) is 40.5 Å². The van der Waals surface area contributed by atoms with Crippen LogP contribution in [0.2, 0.25) is 0 Å². The molecule has 1 amide bonds. The van der Waals surface area contributed by atoms with Gasteiger partial charge in [-0.3, -0.25) is 4.79 Å². The van der Waals surface area contributed by atoms with E-state index in [0.29, 0.717) is 13.0 Å². The van der Waals surface area contributed by atoms with E-state index in [1.807, 2.05) is 0 Å². The fourth-order valence-electron chi connectivity index (χ4n) is 2.97. The highest BCUT2D eigenvalue weighted by Gasteiger charge is 2.39. The molecule has 0 radical (unpaired) electrons. The summed E-state index contributed by atoms with van der Waals surface area (Å²) in [6.07, 6.45) is 5.51. The Labute approximate surface area is 111 Å². The Balaban J connectivity index is 2.41. The molecular formula is C15H29NO2. The zero-order valence-electron chi connectivity index (χ0n) is 12.4. The summed E-state index contributed by atoms with van der Waals surface area (Å²) in [5.74, 6) is 0.149. The van der Waals surface area contributed by atoms with E-state index >= 15 is 0 Å². The third kappa shape index (κ3) is 4.27. The highest BCUT2D eigenvalue weighted by molar-refractivity contribution is 5.82. The molecule has 18 heavy (non-hydrogen) atoms. The van der Waals surface area contributed by atoms with Gasteiger partial charge in [0, 0.05) is 12.0 Å². The smallest absolute Gasteiger partial charge is 0.226 e. The molecule has 106 valence electrons. The van der Waals surface area contributed by atoms with E-state index < -0.39 is 6.10 Å². The number of nitrogens with one attached hydrogen (secondary N) is 1. The van der Waals surface area contributed by atoms with Crippen LogP contribution in [0.1, 0.15) is 66.2 Å². The fourth-order valence-corrected chi connectivity index (χ4v) is 2.97. The van der Waals surface area contributed by atoms with Gasteiger partial charge in [-0.2, -0.15) is 0 Å². The first kappa shape index (κ1) is 15.5. The van der Waals surface area contributed by atoms with Crippen molar-refractivity contribution in [1.82, 2.24) is 5.32 Å². The lowest BCUT2D eigenvalue weighted by Gasteiger charge is -2.28. The molecule has 2 N–H and O–H groups in total. The molecule has 1 rings (SSSR count). The van der Waals surface area contributed by atoms with Crippen molar-refractivity contribution in [1.29, 1.82) is 0 Å². The molecule has 0 heterocycles. The number of carbonyl (C=O) groups excluding carboxylic acids is 1. The summed E-state index contributed by atoms with van der Waals surface area (Å²) < 4.78 is 0. The fraction of sp³-hybridized carbons (Fsp3) is 0.933. The quantitative estimate of drug-likeness (QED) is 0.793. The second-order valence-corrected chi connectivity index (χ2v) is 6.97. The first-order valence-electron chi connectivity index (χ1n) is 7.25. The maximum atomic E-state index is 12.2. The van der Waals surface area contributed by atoms with Crippen molar-refractivity contribution in [2.24, 2.45) is 10.8 Å². The molecule has 0 aromatic heterocycles. The van der Waals surface area contributed by atoms with Crippen LogP contribution in [-0.4, -0.2) is 23.7 Å². The van der Waals surface area contributed by atoms with Crippen molar-refractivity contribution in [3.05, 3.63) is 0 Å². The van der Waals surface area contributed by atoms with Crippen molar-refractivity contribution in [2.45, 2.75) is 72.3 Å². The van der Waals surface area contributed by atoms with Gasteiger partial charge in [-0.05, 0) is 31.1 Å². The van der Waals surface area contributed by atoms with Crippen LogP contribution in [0, 0.1) is 10.8 Å². The number of carbonyl (C=O) groups is 1. The summed E-state index contributed by atoms with van der Waals surface area (Å²) >= 11 is 0. The van der Waals surface area contributed by atoms with Crippen LogP contribution in [0.3, 0.4) is 0 Å². The van der Waals surface area contributed by atoms with Crippen LogP contribution in [0.25, 0.3) is 0 Å². The van der Waals surface area contributed by atoms with Crippen LogP contribution in [0.5, 0.6) is 0 Å². The van der Waals surface area contributed by atoms with Gasteiger partial charge in [-0.15, -0.1) is 0 Å². The van der Waals surface area contributed by atoms with Gasteiger partial charge in [0.15, 0.2) is 0 Å². The molecule has 3 nitrogen and oxygen atoms in total. The Bertz CT molecular complexity index is 275. The lowest BCUT2D eigenvalue weighted by Crippen LogP contribution is -2.42. The van der Waals surface area contributed by atoms with Crippen LogP contribution >= 0.6 is 0 Å².